The van der Waals surface area contributed by atoms with Crippen LogP contribution in [0.15, 0.2) is 53.5 Å². The lowest BCUT2D eigenvalue weighted by atomic mass is 10.00. The fourth-order valence-corrected chi connectivity index (χ4v) is 3.86. The van der Waals surface area contributed by atoms with Gasteiger partial charge in [0.25, 0.3) is 0 Å². The molecule has 0 fully saturated rings. The molecule has 0 spiro atoms. The van der Waals surface area contributed by atoms with Crippen LogP contribution in [0.3, 0.4) is 0 Å². The number of H-pyrrole nitrogens is 1. The number of carbonyl (C=O) groups excluding carboxylic acids is 1. The molecule has 0 aliphatic carbocycles. The molecule has 2 aromatic carbocycles. The molecule has 32 heavy (non-hydrogen) atoms. The highest BCUT2D eigenvalue weighted by atomic mass is 19.4. The maximum absolute atomic E-state index is 13.7. The van der Waals surface area contributed by atoms with Crippen molar-refractivity contribution in [3.8, 4) is 0 Å². The fraction of sp³-hybridized carbons (Fsp3) is 0.174. The normalized spacial score (nSPS) is 13.8. The summed E-state index contributed by atoms with van der Waals surface area (Å²) in [6.45, 7) is 3.27. The standard InChI is InChI=1S/C23H17F4N3O2/c1-13-7-16(24)4-6-18(13)29-12-30(20-10-28-22(32)8-14(20)2)21(11-31)17-5-3-15(9-19(17)29)23(25,26)27/h3-10H,12H2,1-2H3,(H,28,32). The molecule has 0 unspecified atom stereocenters. The minimum Gasteiger partial charge on any atom is -0.327 e. The number of alkyl halides is 3. The SMILES string of the molecule is Cc1cc(=O)[nH]cc1N1CN(c2ccc(F)cc2C)c2cc(C(F)(F)F)ccc2C1=C=O. The van der Waals surface area contributed by atoms with E-state index in [2.05, 4.69) is 4.98 Å². The molecule has 0 saturated carbocycles. The number of rotatable bonds is 2. The van der Waals surface area contributed by atoms with Gasteiger partial charge < -0.3 is 14.8 Å². The van der Waals surface area contributed by atoms with Crippen molar-refractivity contribution in [2.45, 2.75) is 20.0 Å². The van der Waals surface area contributed by atoms with Crippen molar-refractivity contribution < 1.29 is 22.4 Å². The van der Waals surface area contributed by atoms with Gasteiger partial charge in [0, 0.05) is 23.5 Å². The maximum atomic E-state index is 13.7. The Hall–Kier alpha value is -3.84. The van der Waals surface area contributed by atoms with E-state index in [1.54, 1.807) is 23.6 Å². The predicted molar refractivity (Wildman–Crippen MR) is 113 cm³/mol. The van der Waals surface area contributed by atoms with Gasteiger partial charge >= 0.3 is 6.18 Å². The minimum atomic E-state index is -4.59. The Balaban J connectivity index is 1.98. The molecule has 0 bridgehead atoms. The van der Waals surface area contributed by atoms with Crippen molar-refractivity contribution in [2.75, 3.05) is 16.5 Å². The number of fused-ring (bicyclic) bond motifs is 1. The van der Waals surface area contributed by atoms with Gasteiger partial charge in [0.15, 0.2) is 5.94 Å². The molecule has 0 atom stereocenters. The molecular weight excluding hydrogens is 426 g/mol. The second kappa shape index (κ2) is 7.69. The summed E-state index contributed by atoms with van der Waals surface area (Å²) in [5.74, 6) is 1.36. The average Bonchev–Trinajstić information content (AvgIpc) is 2.72. The Bertz CT molecular complexity index is 1320. The third-order valence-corrected chi connectivity index (χ3v) is 5.36. The zero-order valence-electron chi connectivity index (χ0n) is 17.0. The summed E-state index contributed by atoms with van der Waals surface area (Å²) in [5, 5.41) is 0. The van der Waals surface area contributed by atoms with Crippen LogP contribution in [-0.2, 0) is 11.0 Å². The van der Waals surface area contributed by atoms with E-state index in [-0.39, 0.29) is 29.2 Å². The van der Waals surface area contributed by atoms with E-state index < -0.39 is 17.6 Å². The Morgan fingerprint density at radius 1 is 0.938 bits per heavy atom. The lowest BCUT2D eigenvalue weighted by Crippen LogP contribution is -2.40. The smallest absolute Gasteiger partial charge is 0.327 e. The van der Waals surface area contributed by atoms with E-state index >= 15 is 0 Å². The molecule has 1 aliphatic heterocycles. The van der Waals surface area contributed by atoms with E-state index in [4.69, 9.17) is 0 Å². The van der Waals surface area contributed by atoms with E-state index in [1.807, 2.05) is 5.94 Å². The van der Waals surface area contributed by atoms with Crippen LogP contribution < -0.4 is 15.4 Å². The molecule has 1 aromatic heterocycles. The van der Waals surface area contributed by atoms with Crippen LogP contribution in [0.4, 0.5) is 34.6 Å². The number of benzene rings is 2. The number of aromatic nitrogens is 1. The van der Waals surface area contributed by atoms with Gasteiger partial charge in [-0.1, -0.05) is 0 Å². The summed E-state index contributed by atoms with van der Waals surface area (Å²) >= 11 is 0. The Kier molecular flexibility index (Phi) is 5.14. The molecule has 0 amide bonds. The number of halogens is 4. The number of nitrogens with one attached hydrogen (secondary N) is 1. The summed E-state index contributed by atoms with van der Waals surface area (Å²) in [6.07, 6.45) is -3.16. The average molecular weight is 443 g/mol. The van der Waals surface area contributed by atoms with Crippen molar-refractivity contribution in [1.29, 1.82) is 0 Å². The van der Waals surface area contributed by atoms with Crippen LogP contribution in [0.2, 0.25) is 0 Å². The van der Waals surface area contributed by atoms with Gasteiger partial charge in [0.1, 0.15) is 18.2 Å². The first-order chi connectivity index (χ1) is 15.1. The lowest BCUT2D eigenvalue weighted by molar-refractivity contribution is -0.137. The number of aryl methyl sites for hydroxylation is 2. The Morgan fingerprint density at radius 2 is 1.66 bits per heavy atom. The van der Waals surface area contributed by atoms with Crippen LogP contribution in [0.25, 0.3) is 5.70 Å². The maximum Gasteiger partial charge on any atom is 0.416 e. The summed E-state index contributed by atoms with van der Waals surface area (Å²) in [5.41, 5.74) is 1.22. The highest BCUT2D eigenvalue weighted by molar-refractivity contribution is 6.02. The fourth-order valence-electron chi connectivity index (χ4n) is 3.86. The van der Waals surface area contributed by atoms with Gasteiger partial charge in [-0.15, -0.1) is 0 Å². The van der Waals surface area contributed by atoms with Crippen molar-refractivity contribution >= 4 is 28.7 Å². The first-order valence-electron chi connectivity index (χ1n) is 9.57. The number of anilines is 3. The van der Waals surface area contributed by atoms with Gasteiger partial charge in [-0.2, -0.15) is 13.2 Å². The third-order valence-electron chi connectivity index (χ3n) is 5.36. The number of hydrogen-bond donors (Lipinski definition) is 1. The molecule has 1 aliphatic rings. The summed E-state index contributed by atoms with van der Waals surface area (Å²) in [6, 6.07) is 8.41. The molecule has 0 radical (unpaired) electrons. The Labute approximate surface area is 180 Å². The second-order valence-electron chi connectivity index (χ2n) is 7.47. The Morgan fingerprint density at radius 3 is 2.28 bits per heavy atom. The van der Waals surface area contributed by atoms with Crippen LogP contribution >= 0.6 is 0 Å². The van der Waals surface area contributed by atoms with Gasteiger partial charge in [0.2, 0.25) is 5.56 Å². The van der Waals surface area contributed by atoms with E-state index in [0.717, 1.165) is 12.1 Å². The van der Waals surface area contributed by atoms with Crippen LogP contribution in [-0.4, -0.2) is 17.6 Å². The third kappa shape index (κ3) is 3.67. The number of hydrogen-bond acceptors (Lipinski definition) is 4. The zero-order chi connectivity index (χ0) is 23.2. The lowest BCUT2D eigenvalue weighted by Gasteiger charge is -2.41. The van der Waals surface area contributed by atoms with E-state index in [0.29, 0.717) is 22.5 Å². The van der Waals surface area contributed by atoms with Gasteiger partial charge in [-0.05, 0) is 61.4 Å². The van der Waals surface area contributed by atoms with Crippen molar-refractivity contribution in [2.24, 2.45) is 0 Å². The molecule has 164 valence electrons. The number of pyridine rings is 1. The van der Waals surface area contributed by atoms with E-state index in [1.165, 1.54) is 36.5 Å². The van der Waals surface area contributed by atoms with Gasteiger partial charge in [-0.3, -0.25) is 4.79 Å². The van der Waals surface area contributed by atoms with Crippen molar-refractivity contribution in [3.05, 3.63) is 87.1 Å². The van der Waals surface area contributed by atoms with Crippen molar-refractivity contribution in [3.63, 3.8) is 0 Å². The predicted octanol–water partition coefficient (Wildman–Crippen LogP) is 4.94. The number of nitrogens with zero attached hydrogens (tertiary/aromatic N) is 2. The molecule has 5 nitrogen and oxygen atoms in total. The van der Waals surface area contributed by atoms with Crippen LogP contribution in [0.1, 0.15) is 22.3 Å². The quantitative estimate of drug-likeness (QED) is 0.451. The summed E-state index contributed by atoms with van der Waals surface area (Å²) < 4.78 is 54.0. The molecule has 1 N–H and O–H groups in total. The summed E-state index contributed by atoms with van der Waals surface area (Å²) in [7, 11) is 0. The topological polar surface area (TPSA) is 56.4 Å². The van der Waals surface area contributed by atoms with Crippen molar-refractivity contribution in [1.82, 2.24) is 4.98 Å². The van der Waals surface area contributed by atoms with Gasteiger partial charge in [0.05, 0.1) is 16.9 Å². The molecular formula is C23H17F4N3O2. The van der Waals surface area contributed by atoms with Crippen LogP contribution in [0, 0.1) is 19.7 Å². The largest absolute Gasteiger partial charge is 0.416 e. The molecule has 3 aromatic rings. The number of aromatic amines is 1. The first-order valence-corrected chi connectivity index (χ1v) is 9.57. The minimum absolute atomic E-state index is 0.0277. The molecule has 4 rings (SSSR count). The monoisotopic (exact) mass is 443 g/mol. The first kappa shape index (κ1) is 21.4. The summed E-state index contributed by atoms with van der Waals surface area (Å²) in [4.78, 5) is 29.3. The second-order valence-corrected chi connectivity index (χ2v) is 7.47. The molecule has 2 heterocycles. The van der Waals surface area contributed by atoms with E-state index in [9.17, 15) is 27.2 Å². The molecule has 0 saturated heterocycles. The zero-order valence-corrected chi connectivity index (χ0v) is 17.0. The molecule has 9 heteroatoms. The van der Waals surface area contributed by atoms with Gasteiger partial charge in [-0.25, -0.2) is 9.18 Å². The highest BCUT2D eigenvalue weighted by Gasteiger charge is 2.36. The van der Waals surface area contributed by atoms with Crippen LogP contribution in [0.5, 0.6) is 0 Å². The highest BCUT2D eigenvalue weighted by Crippen LogP contribution is 2.44.